The van der Waals surface area contributed by atoms with Crippen molar-refractivity contribution in [1.82, 2.24) is 4.90 Å². The number of hydrogen-bond acceptors (Lipinski definition) is 3. The van der Waals surface area contributed by atoms with E-state index in [-0.39, 0.29) is 18.4 Å². The number of hydrogen-bond donors (Lipinski definition) is 1. The molecule has 0 saturated carbocycles. The van der Waals surface area contributed by atoms with Gasteiger partial charge in [-0.05, 0) is 19.1 Å². The maximum atomic E-state index is 12.5. The molecular formula is C20H20N2O3. The van der Waals surface area contributed by atoms with E-state index in [2.05, 4.69) is 11.9 Å². The molecule has 5 nitrogen and oxygen atoms in total. The Balaban J connectivity index is 1.70. The molecule has 25 heavy (non-hydrogen) atoms. The van der Waals surface area contributed by atoms with Crippen molar-refractivity contribution in [2.45, 2.75) is 13.5 Å². The summed E-state index contributed by atoms with van der Waals surface area (Å²) >= 11 is 0. The number of nitrogens with one attached hydrogen (secondary N) is 1. The fourth-order valence-corrected chi connectivity index (χ4v) is 2.82. The quantitative estimate of drug-likeness (QED) is 0.880. The first-order chi connectivity index (χ1) is 12.1. The fourth-order valence-electron chi connectivity index (χ4n) is 2.82. The van der Waals surface area contributed by atoms with E-state index in [4.69, 9.17) is 4.74 Å². The minimum Gasteiger partial charge on any atom is -0.377 e. The van der Waals surface area contributed by atoms with Crippen LogP contribution >= 0.6 is 0 Å². The van der Waals surface area contributed by atoms with Crippen molar-refractivity contribution in [2.24, 2.45) is 0 Å². The van der Waals surface area contributed by atoms with Crippen molar-refractivity contribution >= 4 is 23.2 Å². The summed E-state index contributed by atoms with van der Waals surface area (Å²) in [6, 6.07) is 14.7. The Morgan fingerprint density at radius 3 is 2.52 bits per heavy atom. The second-order valence-electron chi connectivity index (χ2n) is 5.73. The first-order valence-corrected chi connectivity index (χ1v) is 8.17. The second kappa shape index (κ2) is 7.32. The van der Waals surface area contributed by atoms with Crippen LogP contribution in [0.4, 0.5) is 5.69 Å². The van der Waals surface area contributed by atoms with Crippen LogP contribution in [0, 0.1) is 0 Å². The van der Waals surface area contributed by atoms with E-state index in [0.29, 0.717) is 30.2 Å². The highest BCUT2D eigenvalue weighted by atomic mass is 16.5. The van der Waals surface area contributed by atoms with Gasteiger partial charge in [-0.25, -0.2) is 0 Å². The third kappa shape index (κ3) is 3.46. The molecule has 1 heterocycles. The zero-order valence-corrected chi connectivity index (χ0v) is 14.1. The topological polar surface area (TPSA) is 58.6 Å². The zero-order chi connectivity index (χ0) is 17.8. The molecule has 3 rings (SSSR count). The number of amides is 2. The van der Waals surface area contributed by atoms with Crippen LogP contribution in [0.5, 0.6) is 0 Å². The lowest BCUT2D eigenvalue weighted by Gasteiger charge is -2.18. The van der Waals surface area contributed by atoms with E-state index in [1.807, 2.05) is 43.3 Å². The van der Waals surface area contributed by atoms with Crippen LogP contribution in [0.25, 0.3) is 5.70 Å². The largest absolute Gasteiger partial charge is 0.377 e. The van der Waals surface area contributed by atoms with E-state index < -0.39 is 0 Å². The lowest BCUT2D eigenvalue weighted by molar-refractivity contribution is -0.116. The van der Waals surface area contributed by atoms with Crippen molar-refractivity contribution in [3.63, 3.8) is 0 Å². The van der Waals surface area contributed by atoms with Crippen LogP contribution in [0.15, 0.2) is 55.1 Å². The lowest BCUT2D eigenvalue weighted by Crippen LogP contribution is -2.32. The summed E-state index contributed by atoms with van der Waals surface area (Å²) in [7, 11) is 0. The van der Waals surface area contributed by atoms with Crippen molar-refractivity contribution in [3.05, 3.63) is 71.8 Å². The molecule has 0 spiro atoms. The summed E-state index contributed by atoms with van der Waals surface area (Å²) in [6.07, 6.45) is 0. The van der Waals surface area contributed by atoms with Crippen molar-refractivity contribution in [3.8, 4) is 0 Å². The molecule has 0 unspecified atom stereocenters. The van der Waals surface area contributed by atoms with E-state index in [1.165, 1.54) is 4.90 Å². The number of nitrogens with zero attached hydrogens (tertiary/aromatic N) is 1. The Morgan fingerprint density at radius 2 is 1.80 bits per heavy atom. The molecule has 1 aliphatic rings. The summed E-state index contributed by atoms with van der Waals surface area (Å²) in [6.45, 7) is 6.82. The van der Waals surface area contributed by atoms with Crippen LogP contribution in [0.2, 0.25) is 0 Å². The van der Waals surface area contributed by atoms with Gasteiger partial charge in [0.25, 0.3) is 5.91 Å². The van der Waals surface area contributed by atoms with Gasteiger partial charge in [0.1, 0.15) is 6.54 Å². The summed E-state index contributed by atoms with van der Waals surface area (Å²) < 4.78 is 5.42. The lowest BCUT2D eigenvalue weighted by atomic mass is 10.1. The first-order valence-electron chi connectivity index (χ1n) is 8.17. The molecule has 2 aromatic rings. The first kappa shape index (κ1) is 16.9. The number of benzene rings is 2. The maximum absolute atomic E-state index is 12.5. The molecule has 0 aliphatic carbocycles. The molecule has 5 heteroatoms. The Labute approximate surface area is 146 Å². The Bertz CT molecular complexity index is 794. The number of carbonyl (C=O) groups is 2. The minimum atomic E-state index is -0.272. The third-order valence-electron chi connectivity index (χ3n) is 4.09. The molecule has 0 saturated heterocycles. The number of anilines is 1. The van der Waals surface area contributed by atoms with E-state index in [0.717, 1.165) is 11.1 Å². The average Bonchev–Trinajstić information content (AvgIpc) is 2.86. The minimum absolute atomic E-state index is 0.0741. The van der Waals surface area contributed by atoms with Gasteiger partial charge >= 0.3 is 0 Å². The van der Waals surface area contributed by atoms with Crippen molar-refractivity contribution in [1.29, 1.82) is 0 Å². The fraction of sp³-hybridized carbons (Fsp3) is 0.200. The van der Waals surface area contributed by atoms with E-state index in [1.54, 1.807) is 12.1 Å². The van der Waals surface area contributed by atoms with E-state index >= 15 is 0 Å². The molecule has 0 atom stereocenters. The standard InChI is InChI=1S/C20H20N2O3/c1-3-25-13-15-8-4-7-11-18(15)21-19(23)12-22-14(2)16-9-5-6-10-17(16)20(22)24/h4-11H,2-3,12-13H2,1H3,(H,21,23). The van der Waals surface area contributed by atoms with Gasteiger partial charge in [-0.3, -0.25) is 14.5 Å². The van der Waals surface area contributed by atoms with Gasteiger partial charge in [-0.1, -0.05) is 43.0 Å². The van der Waals surface area contributed by atoms with Gasteiger partial charge in [0.05, 0.1) is 6.61 Å². The van der Waals surface area contributed by atoms with Gasteiger partial charge in [-0.2, -0.15) is 0 Å². The number of carbonyl (C=O) groups excluding carboxylic acids is 2. The number of fused-ring (bicyclic) bond motifs is 1. The zero-order valence-electron chi connectivity index (χ0n) is 14.1. The normalized spacial score (nSPS) is 13.1. The van der Waals surface area contributed by atoms with Crippen LogP contribution in [0.3, 0.4) is 0 Å². The molecule has 1 aliphatic heterocycles. The Morgan fingerprint density at radius 1 is 1.12 bits per heavy atom. The molecule has 0 aromatic heterocycles. The SMILES string of the molecule is C=C1c2ccccc2C(=O)N1CC(=O)Nc1ccccc1COCC. The van der Waals surface area contributed by atoms with Gasteiger partial charge in [0, 0.05) is 34.7 Å². The van der Waals surface area contributed by atoms with Gasteiger partial charge in [0.2, 0.25) is 5.91 Å². The summed E-state index contributed by atoms with van der Waals surface area (Å²) in [5, 5.41) is 2.86. The highest BCUT2D eigenvalue weighted by molar-refractivity contribution is 6.11. The summed E-state index contributed by atoms with van der Waals surface area (Å²) in [4.78, 5) is 26.3. The summed E-state index contributed by atoms with van der Waals surface area (Å²) in [5.41, 5.74) is 3.50. The predicted octanol–water partition coefficient (Wildman–Crippen LogP) is 3.29. The average molecular weight is 336 g/mol. The van der Waals surface area contributed by atoms with Crippen molar-refractivity contribution in [2.75, 3.05) is 18.5 Å². The summed E-state index contributed by atoms with van der Waals surface area (Å²) in [5.74, 6) is -0.468. The van der Waals surface area contributed by atoms with Crippen LogP contribution in [-0.2, 0) is 16.1 Å². The molecule has 2 aromatic carbocycles. The highest BCUT2D eigenvalue weighted by Crippen LogP contribution is 2.30. The Hall–Kier alpha value is -2.92. The molecular weight excluding hydrogens is 316 g/mol. The predicted molar refractivity (Wildman–Crippen MR) is 96.9 cm³/mol. The van der Waals surface area contributed by atoms with Gasteiger partial charge in [-0.15, -0.1) is 0 Å². The Kier molecular flexibility index (Phi) is 4.95. The number of ether oxygens (including phenoxy) is 1. The molecule has 0 fully saturated rings. The highest BCUT2D eigenvalue weighted by Gasteiger charge is 2.31. The number of rotatable bonds is 6. The molecule has 0 bridgehead atoms. The number of para-hydroxylation sites is 1. The van der Waals surface area contributed by atoms with Crippen LogP contribution < -0.4 is 5.32 Å². The van der Waals surface area contributed by atoms with Crippen LogP contribution in [0.1, 0.15) is 28.4 Å². The maximum Gasteiger partial charge on any atom is 0.259 e. The molecule has 128 valence electrons. The van der Waals surface area contributed by atoms with Crippen LogP contribution in [-0.4, -0.2) is 29.9 Å². The second-order valence-corrected chi connectivity index (χ2v) is 5.73. The molecule has 0 radical (unpaired) electrons. The van der Waals surface area contributed by atoms with Gasteiger partial charge < -0.3 is 10.1 Å². The molecule has 1 N–H and O–H groups in total. The third-order valence-corrected chi connectivity index (χ3v) is 4.09. The smallest absolute Gasteiger partial charge is 0.259 e. The van der Waals surface area contributed by atoms with E-state index in [9.17, 15) is 9.59 Å². The van der Waals surface area contributed by atoms with Gasteiger partial charge in [0.15, 0.2) is 0 Å². The monoisotopic (exact) mass is 336 g/mol. The molecule has 2 amide bonds. The van der Waals surface area contributed by atoms with Crippen molar-refractivity contribution < 1.29 is 14.3 Å².